The second kappa shape index (κ2) is 6.95. The number of aryl methyl sites for hydroxylation is 1. The van der Waals surface area contributed by atoms with E-state index in [1.165, 1.54) is 0 Å². The maximum absolute atomic E-state index is 12.7. The number of fused-ring (bicyclic) bond motifs is 2. The Morgan fingerprint density at radius 3 is 2.75 bits per heavy atom. The molecule has 144 valence electrons. The fraction of sp³-hybridized carbons (Fsp3) is 0.364. The van der Waals surface area contributed by atoms with Crippen LogP contribution in [-0.4, -0.2) is 38.7 Å². The molecule has 6 nitrogen and oxygen atoms in total. The molecule has 1 saturated heterocycles. The first-order valence-corrected chi connectivity index (χ1v) is 9.94. The van der Waals surface area contributed by atoms with Gasteiger partial charge in [-0.1, -0.05) is 17.3 Å². The van der Waals surface area contributed by atoms with Crippen molar-refractivity contribution in [1.29, 1.82) is 0 Å². The van der Waals surface area contributed by atoms with Gasteiger partial charge in [0.1, 0.15) is 5.52 Å². The Labute approximate surface area is 163 Å². The number of hydrogen-bond donors (Lipinski definition) is 0. The third-order valence-electron chi connectivity index (χ3n) is 6.02. The SMILES string of the molecule is Cc1ccn2ccn(CCN3CCC(c4noc5ccccc45)CC3)c(=O)c12. The number of aromatic nitrogens is 3. The number of likely N-dealkylation sites (tertiary alicyclic amines) is 1. The molecule has 0 saturated carbocycles. The van der Waals surface area contributed by atoms with Gasteiger partial charge in [0, 0.05) is 43.0 Å². The average molecular weight is 376 g/mol. The first kappa shape index (κ1) is 17.3. The Bertz CT molecular complexity index is 1180. The van der Waals surface area contributed by atoms with Crippen molar-refractivity contribution in [3.8, 4) is 0 Å². The highest BCUT2D eigenvalue weighted by molar-refractivity contribution is 5.79. The summed E-state index contributed by atoms with van der Waals surface area (Å²) in [5.41, 5.74) is 3.86. The first-order valence-electron chi connectivity index (χ1n) is 9.94. The summed E-state index contributed by atoms with van der Waals surface area (Å²) in [4.78, 5) is 15.2. The average Bonchev–Trinajstić information content (AvgIpc) is 3.32. The van der Waals surface area contributed by atoms with Crippen LogP contribution < -0.4 is 5.56 Å². The van der Waals surface area contributed by atoms with Crippen molar-refractivity contribution in [2.45, 2.75) is 32.2 Å². The summed E-state index contributed by atoms with van der Waals surface area (Å²) in [6, 6.07) is 10.1. The molecular weight excluding hydrogens is 352 g/mol. The third-order valence-corrected chi connectivity index (χ3v) is 6.02. The van der Waals surface area contributed by atoms with Crippen LogP contribution in [0, 0.1) is 6.92 Å². The number of benzene rings is 1. The monoisotopic (exact) mass is 376 g/mol. The van der Waals surface area contributed by atoms with Gasteiger partial charge in [-0.3, -0.25) is 4.79 Å². The maximum Gasteiger partial charge on any atom is 0.275 e. The Hall–Kier alpha value is -2.86. The second-order valence-electron chi connectivity index (χ2n) is 7.73. The van der Waals surface area contributed by atoms with E-state index in [0.717, 1.165) is 66.8 Å². The van der Waals surface area contributed by atoms with Gasteiger partial charge in [-0.2, -0.15) is 0 Å². The van der Waals surface area contributed by atoms with Crippen molar-refractivity contribution < 1.29 is 4.52 Å². The Morgan fingerprint density at radius 1 is 1.07 bits per heavy atom. The zero-order chi connectivity index (χ0) is 19.1. The fourth-order valence-corrected chi connectivity index (χ4v) is 4.36. The molecule has 1 aliphatic rings. The smallest absolute Gasteiger partial charge is 0.275 e. The van der Waals surface area contributed by atoms with Gasteiger partial charge in [-0.25, -0.2) is 0 Å². The molecule has 0 unspecified atom stereocenters. The topological polar surface area (TPSA) is 55.7 Å². The lowest BCUT2D eigenvalue weighted by Gasteiger charge is -2.31. The van der Waals surface area contributed by atoms with Gasteiger partial charge in [0.25, 0.3) is 5.56 Å². The van der Waals surface area contributed by atoms with Gasteiger partial charge in [0.05, 0.1) is 5.69 Å². The lowest BCUT2D eigenvalue weighted by molar-refractivity contribution is 0.202. The van der Waals surface area contributed by atoms with Gasteiger partial charge >= 0.3 is 0 Å². The molecule has 4 aromatic rings. The normalized spacial score (nSPS) is 16.3. The summed E-state index contributed by atoms with van der Waals surface area (Å²) in [5, 5.41) is 5.48. The summed E-state index contributed by atoms with van der Waals surface area (Å²) in [5.74, 6) is 0.447. The number of piperidine rings is 1. The molecule has 1 aliphatic heterocycles. The van der Waals surface area contributed by atoms with Gasteiger partial charge in [-0.15, -0.1) is 0 Å². The van der Waals surface area contributed by atoms with Crippen LogP contribution in [0.1, 0.15) is 30.0 Å². The Balaban J connectivity index is 1.24. The van der Waals surface area contributed by atoms with E-state index in [-0.39, 0.29) is 5.56 Å². The minimum Gasteiger partial charge on any atom is -0.356 e. The van der Waals surface area contributed by atoms with Crippen LogP contribution in [0.25, 0.3) is 16.5 Å². The van der Waals surface area contributed by atoms with Crippen molar-refractivity contribution in [3.63, 3.8) is 0 Å². The minimum absolute atomic E-state index is 0.0916. The number of hydrogen-bond acceptors (Lipinski definition) is 4. The van der Waals surface area contributed by atoms with Crippen LogP contribution in [-0.2, 0) is 6.54 Å². The summed E-state index contributed by atoms with van der Waals surface area (Å²) < 4.78 is 9.22. The van der Waals surface area contributed by atoms with E-state index in [1.807, 2.05) is 58.7 Å². The standard InChI is InChI=1S/C22H24N4O2/c1-16-6-11-25-14-15-26(22(27)21(16)25)13-12-24-9-7-17(8-10-24)20-18-4-2-3-5-19(18)28-23-20/h2-6,11,14-15,17H,7-10,12-13H2,1H3. The zero-order valence-electron chi connectivity index (χ0n) is 16.0. The van der Waals surface area contributed by atoms with Crippen LogP contribution in [0.5, 0.6) is 0 Å². The van der Waals surface area contributed by atoms with E-state index in [9.17, 15) is 4.79 Å². The highest BCUT2D eigenvalue weighted by Crippen LogP contribution is 2.32. The molecular formula is C22H24N4O2. The maximum atomic E-state index is 12.7. The molecule has 6 heteroatoms. The van der Waals surface area contributed by atoms with Crippen LogP contribution in [0.3, 0.4) is 0 Å². The van der Waals surface area contributed by atoms with E-state index in [4.69, 9.17) is 4.52 Å². The molecule has 3 aromatic heterocycles. The number of para-hydroxylation sites is 1. The summed E-state index contributed by atoms with van der Waals surface area (Å²) in [6.07, 6.45) is 7.94. The lowest BCUT2D eigenvalue weighted by Crippen LogP contribution is -2.37. The molecule has 0 atom stereocenters. The lowest BCUT2D eigenvalue weighted by atomic mass is 9.91. The Kier molecular flexibility index (Phi) is 4.28. The van der Waals surface area contributed by atoms with Gasteiger partial charge in [0.2, 0.25) is 0 Å². The van der Waals surface area contributed by atoms with Gasteiger partial charge < -0.3 is 18.4 Å². The van der Waals surface area contributed by atoms with Crippen molar-refractivity contribution in [2.75, 3.05) is 19.6 Å². The van der Waals surface area contributed by atoms with Crippen molar-refractivity contribution in [1.82, 2.24) is 19.0 Å². The van der Waals surface area contributed by atoms with E-state index in [0.29, 0.717) is 5.92 Å². The van der Waals surface area contributed by atoms with E-state index < -0.39 is 0 Å². The van der Waals surface area contributed by atoms with Crippen LogP contribution in [0.15, 0.2) is 58.2 Å². The minimum atomic E-state index is 0.0916. The largest absolute Gasteiger partial charge is 0.356 e. The third kappa shape index (κ3) is 2.94. The quantitative estimate of drug-likeness (QED) is 0.548. The fourth-order valence-electron chi connectivity index (χ4n) is 4.36. The molecule has 5 rings (SSSR count). The molecule has 1 aromatic carbocycles. The van der Waals surface area contributed by atoms with E-state index in [2.05, 4.69) is 16.1 Å². The molecule has 4 heterocycles. The van der Waals surface area contributed by atoms with Gasteiger partial charge in [0.15, 0.2) is 5.58 Å². The second-order valence-corrected chi connectivity index (χ2v) is 7.73. The number of rotatable bonds is 4. The van der Waals surface area contributed by atoms with E-state index in [1.54, 1.807) is 0 Å². The zero-order valence-corrected chi connectivity index (χ0v) is 16.0. The summed E-state index contributed by atoms with van der Waals surface area (Å²) in [7, 11) is 0. The first-order chi connectivity index (χ1) is 13.7. The summed E-state index contributed by atoms with van der Waals surface area (Å²) >= 11 is 0. The van der Waals surface area contributed by atoms with Crippen LogP contribution >= 0.6 is 0 Å². The predicted octanol–water partition coefficient (Wildman–Crippen LogP) is 3.43. The molecule has 0 spiro atoms. The molecule has 28 heavy (non-hydrogen) atoms. The highest BCUT2D eigenvalue weighted by Gasteiger charge is 2.24. The number of nitrogens with zero attached hydrogens (tertiary/aromatic N) is 4. The Morgan fingerprint density at radius 2 is 1.89 bits per heavy atom. The van der Waals surface area contributed by atoms with Gasteiger partial charge in [-0.05, 0) is 56.6 Å². The van der Waals surface area contributed by atoms with Crippen molar-refractivity contribution in [2.24, 2.45) is 0 Å². The van der Waals surface area contributed by atoms with Crippen LogP contribution in [0.4, 0.5) is 0 Å². The van der Waals surface area contributed by atoms with Crippen LogP contribution in [0.2, 0.25) is 0 Å². The van der Waals surface area contributed by atoms with Crippen molar-refractivity contribution in [3.05, 3.63) is 70.5 Å². The molecule has 1 fully saturated rings. The highest BCUT2D eigenvalue weighted by atomic mass is 16.5. The predicted molar refractivity (Wildman–Crippen MR) is 109 cm³/mol. The van der Waals surface area contributed by atoms with E-state index >= 15 is 0 Å². The molecule has 0 radical (unpaired) electrons. The molecule has 0 bridgehead atoms. The summed E-state index contributed by atoms with van der Waals surface area (Å²) in [6.45, 7) is 5.64. The van der Waals surface area contributed by atoms with Crippen molar-refractivity contribution >= 4 is 16.5 Å². The molecule has 0 amide bonds. The molecule has 0 N–H and O–H groups in total. The molecule has 0 aliphatic carbocycles.